The number of nitrogens with zero attached hydrogens (tertiary/aromatic N) is 1. The molecule has 0 saturated carbocycles. The lowest BCUT2D eigenvalue weighted by molar-refractivity contribution is -0.136. The van der Waals surface area contributed by atoms with Crippen molar-refractivity contribution in [2.45, 2.75) is 19.8 Å². The van der Waals surface area contributed by atoms with Crippen LogP contribution in [0.4, 0.5) is 5.69 Å². The quantitative estimate of drug-likeness (QED) is 0.699. The first-order chi connectivity index (χ1) is 12.5. The van der Waals surface area contributed by atoms with Crippen LogP contribution in [0.25, 0.3) is 0 Å². The molecule has 1 N–H and O–H groups in total. The van der Waals surface area contributed by atoms with Crippen molar-refractivity contribution in [3.63, 3.8) is 0 Å². The minimum absolute atomic E-state index is 0.00969. The van der Waals surface area contributed by atoms with Gasteiger partial charge in [0.2, 0.25) is 5.91 Å². The van der Waals surface area contributed by atoms with Gasteiger partial charge in [-0.1, -0.05) is 18.2 Å². The zero-order chi connectivity index (χ0) is 18.9. The van der Waals surface area contributed by atoms with Crippen molar-refractivity contribution in [2.75, 3.05) is 18.1 Å². The number of aliphatic carboxylic acids is 1. The number of para-hydroxylation sites is 1. The average molecular weight is 355 g/mol. The van der Waals surface area contributed by atoms with E-state index in [-0.39, 0.29) is 18.6 Å². The number of amides is 1. The Balaban J connectivity index is 2.00. The van der Waals surface area contributed by atoms with Gasteiger partial charge < -0.3 is 14.7 Å². The van der Waals surface area contributed by atoms with Crippen LogP contribution in [0.1, 0.15) is 30.1 Å². The number of ether oxygens (including phenoxy) is 1. The third kappa shape index (κ3) is 5.44. The number of carboxylic acids is 1. The van der Waals surface area contributed by atoms with Crippen LogP contribution in [0.15, 0.2) is 54.6 Å². The van der Waals surface area contributed by atoms with Crippen LogP contribution in [0, 0.1) is 0 Å². The lowest BCUT2D eigenvalue weighted by Gasteiger charge is -2.20. The molecule has 0 aliphatic heterocycles. The summed E-state index contributed by atoms with van der Waals surface area (Å²) in [5, 5.41) is 9.05. The second kappa shape index (κ2) is 9.36. The number of rotatable bonds is 9. The highest BCUT2D eigenvalue weighted by Gasteiger charge is 2.19. The minimum atomic E-state index is -1.11. The highest BCUT2D eigenvalue weighted by molar-refractivity contribution is 6.02. The Morgan fingerprint density at radius 1 is 0.962 bits per heavy atom. The van der Waals surface area contributed by atoms with E-state index in [1.165, 1.54) is 4.90 Å². The van der Waals surface area contributed by atoms with Crippen LogP contribution >= 0.6 is 0 Å². The molecule has 136 valence electrons. The van der Waals surface area contributed by atoms with Gasteiger partial charge in [-0.15, -0.1) is 0 Å². The maximum absolute atomic E-state index is 12.4. The van der Waals surface area contributed by atoms with Crippen molar-refractivity contribution in [2.24, 2.45) is 0 Å². The smallest absolute Gasteiger partial charge is 0.323 e. The summed E-state index contributed by atoms with van der Waals surface area (Å²) in [6, 6.07) is 15.3. The highest BCUT2D eigenvalue weighted by atomic mass is 16.5. The maximum Gasteiger partial charge on any atom is 0.323 e. The Labute approximate surface area is 152 Å². The standard InChI is InChI=1S/C20H21NO5/c1-2-26-17-10-8-15(9-11-17)18(22)12-13-19(23)21(14-20(24)25)16-6-4-3-5-7-16/h3-11H,2,12-14H2,1H3,(H,24,25). The van der Waals surface area contributed by atoms with Gasteiger partial charge in [0.15, 0.2) is 5.78 Å². The second-order valence-electron chi connectivity index (χ2n) is 5.59. The van der Waals surface area contributed by atoms with E-state index < -0.39 is 18.4 Å². The number of carbonyl (C=O) groups excluding carboxylic acids is 2. The molecule has 0 aliphatic carbocycles. The summed E-state index contributed by atoms with van der Waals surface area (Å²) in [6.45, 7) is 1.97. The zero-order valence-corrected chi connectivity index (χ0v) is 14.6. The molecule has 0 heterocycles. The van der Waals surface area contributed by atoms with Gasteiger partial charge in [0.25, 0.3) is 0 Å². The highest BCUT2D eigenvalue weighted by Crippen LogP contribution is 2.17. The van der Waals surface area contributed by atoms with Crippen molar-refractivity contribution in [1.29, 1.82) is 0 Å². The minimum Gasteiger partial charge on any atom is -0.494 e. The maximum atomic E-state index is 12.4. The predicted molar refractivity (Wildman–Crippen MR) is 97.6 cm³/mol. The van der Waals surface area contributed by atoms with E-state index in [0.29, 0.717) is 23.6 Å². The SMILES string of the molecule is CCOc1ccc(C(=O)CCC(=O)N(CC(=O)O)c2ccccc2)cc1. The van der Waals surface area contributed by atoms with Crippen molar-refractivity contribution < 1.29 is 24.2 Å². The molecule has 0 radical (unpaired) electrons. The number of carboxylic acid groups (broad SMARTS) is 1. The number of hydrogen-bond donors (Lipinski definition) is 1. The number of Topliss-reactive ketones (excluding diaryl/α,β-unsaturated/α-hetero) is 1. The summed E-state index contributed by atoms with van der Waals surface area (Å²) in [4.78, 5) is 37.0. The van der Waals surface area contributed by atoms with Crippen LogP contribution < -0.4 is 9.64 Å². The summed E-state index contributed by atoms with van der Waals surface area (Å²) >= 11 is 0. The fraction of sp³-hybridized carbons (Fsp3) is 0.250. The summed E-state index contributed by atoms with van der Waals surface area (Å²) < 4.78 is 5.33. The first-order valence-electron chi connectivity index (χ1n) is 8.34. The van der Waals surface area contributed by atoms with Crippen LogP contribution in [0.3, 0.4) is 0 Å². The molecule has 2 aromatic rings. The predicted octanol–water partition coefficient (Wildman–Crippen LogP) is 3.17. The largest absolute Gasteiger partial charge is 0.494 e. The number of hydrogen-bond acceptors (Lipinski definition) is 4. The van der Waals surface area contributed by atoms with Crippen LogP contribution in [0.2, 0.25) is 0 Å². The third-order valence-corrected chi connectivity index (χ3v) is 3.72. The molecule has 26 heavy (non-hydrogen) atoms. The van der Waals surface area contributed by atoms with Crippen molar-refractivity contribution >= 4 is 23.3 Å². The van der Waals surface area contributed by atoms with Gasteiger partial charge in [-0.25, -0.2) is 0 Å². The van der Waals surface area contributed by atoms with Crippen LogP contribution in [-0.4, -0.2) is 35.9 Å². The van der Waals surface area contributed by atoms with E-state index in [4.69, 9.17) is 9.84 Å². The average Bonchev–Trinajstić information content (AvgIpc) is 2.65. The lowest BCUT2D eigenvalue weighted by atomic mass is 10.1. The molecule has 6 nitrogen and oxygen atoms in total. The Morgan fingerprint density at radius 3 is 2.19 bits per heavy atom. The van der Waals surface area contributed by atoms with Gasteiger partial charge >= 0.3 is 5.97 Å². The molecular formula is C20H21NO5. The zero-order valence-electron chi connectivity index (χ0n) is 14.6. The lowest BCUT2D eigenvalue weighted by Crippen LogP contribution is -2.35. The molecule has 2 rings (SSSR count). The second-order valence-corrected chi connectivity index (χ2v) is 5.59. The van der Waals surface area contributed by atoms with Gasteiger partial charge in [0.1, 0.15) is 12.3 Å². The van der Waals surface area contributed by atoms with E-state index in [0.717, 1.165) is 0 Å². The normalized spacial score (nSPS) is 10.2. The number of carbonyl (C=O) groups is 3. The van der Waals surface area contributed by atoms with Crippen LogP contribution in [-0.2, 0) is 9.59 Å². The first-order valence-corrected chi connectivity index (χ1v) is 8.34. The molecule has 1 amide bonds. The van der Waals surface area contributed by atoms with E-state index in [2.05, 4.69) is 0 Å². The molecule has 0 bridgehead atoms. The molecule has 0 saturated heterocycles. The Morgan fingerprint density at radius 2 is 1.62 bits per heavy atom. The fourth-order valence-corrected chi connectivity index (χ4v) is 2.47. The summed E-state index contributed by atoms with van der Waals surface area (Å²) in [5.41, 5.74) is 0.985. The topological polar surface area (TPSA) is 83.9 Å². The number of ketones is 1. The first kappa shape index (κ1) is 19.2. The van der Waals surface area contributed by atoms with E-state index >= 15 is 0 Å². The number of benzene rings is 2. The molecule has 0 spiro atoms. The third-order valence-electron chi connectivity index (χ3n) is 3.72. The van der Waals surface area contributed by atoms with Crippen molar-refractivity contribution in [3.8, 4) is 5.75 Å². The summed E-state index contributed by atoms with van der Waals surface area (Å²) in [5.74, 6) is -1.01. The molecular weight excluding hydrogens is 334 g/mol. The van der Waals surface area contributed by atoms with Gasteiger partial charge in [-0.2, -0.15) is 0 Å². The van der Waals surface area contributed by atoms with Gasteiger partial charge in [-0.05, 0) is 43.3 Å². The molecule has 0 aliphatic rings. The Hall–Kier alpha value is -3.15. The molecule has 0 fully saturated rings. The fourth-order valence-electron chi connectivity index (χ4n) is 2.47. The van der Waals surface area contributed by atoms with Gasteiger partial charge in [-0.3, -0.25) is 14.4 Å². The van der Waals surface area contributed by atoms with Crippen molar-refractivity contribution in [1.82, 2.24) is 0 Å². The van der Waals surface area contributed by atoms with E-state index in [9.17, 15) is 14.4 Å². The van der Waals surface area contributed by atoms with Crippen LogP contribution in [0.5, 0.6) is 5.75 Å². The molecule has 0 unspecified atom stereocenters. The number of anilines is 1. The molecule has 0 atom stereocenters. The Bertz CT molecular complexity index is 756. The van der Waals surface area contributed by atoms with Crippen molar-refractivity contribution in [3.05, 3.63) is 60.2 Å². The monoisotopic (exact) mass is 355 g/mol. The van der Waals surface area contributed by atoms with Gasteiger partial charge in [0.05, 0.1) is 6.61 Å². The summed E-state index contributed by atoms with van der Waals surface area (Å²) in [6.07, 6.45) is -0.0516. The van der Waals surface area contributed by atoms with Gasteiger partial charge in [0, 0.05) is 24.1 Å². The molecule has 2 aromatic carbocycles. The summed E-state index contributed by atoms with van der Waals surface area (Å²) in [7, 11) is 0. The van der Waals surface area contributed by atoms with E-state index in [1.54, 1.807) is 54.6 Å². The molecule has 0 aromatic heterocycles. The van der Waals surface area contributed by atoms with E-state index in [1.807, 2.05) is 6.92 Å². The molecule has 6 heteroatoms. The Kier molecular flexibility index (Phi) is 6.91.